The summed E-state index contributed by atoms with van der Waals surface area (Å²) in [5, 5.41) is 0. The standard InChI is InChI=1S/C25H32NO6/c1-26(2,3)17-22(16-25(29)31-19-21-12-8-5-9-13-21)32-24(28)15-14-23(27)30-18-20-10-6-4-7-11-20/h4-13,22H,14-19H2,1-3H3/q+1/t22-/m0/s1. The average molecular weight is 443 g/mol. The molecule has 0 radical (unpaired) electrons. The van der Waals surface area contributed by atoms with E-state index in [0.717, 1.165) is 11.1 Å². The first kappa shape index (κ1) is 25.1. The molecule has 0 saturated heterocycles. The molecule has 7 heteroatoms. The van der Waals surface area contributed by atoms with Gasteiger partial charge in [0.25, 0.3) is 0 Å². The molecule has 2 rings (SSSR count). The highest BCUT2D eigenvalue weighted by molar-refractivity contribution is 5.78. The average Bonchev–Trinajstić information content (AvgIpc) is 2.75. The lowest BCUT2D eigenvalue weighted by molar-refractivity contribution is -0.873. The SMILES string of the molecule is C[N+](C)(C)C[C@H](CC(=O)OCc1ccccc1)OC(=O)CCC(=O)OCc1ccccc1. The Hall–Kier alpha value is -3.19. The van der Waals surface area contributed by atoms with E-state index in [-0.39, 0.29) is 32.5 Å². The molecule has 0 bridgehead atoms. The minimum absolute atomic E-state index is 0.0491. The highest BCUT2D eigenvalue weighted by atomic mass is 16.6. The zero-order chi connectivity index (χ0) is 23.4. The van der Waals surface area contributed by atoms with Gasteiger partial charge in [0.2, 0.25) is 0 Å². The predicted octanol–water partition coefficient (Wildman–Crippen LogP) is 3.26. The van der Waals surface area contributed by atoms with Crippen molar-refractivity contribution < 1.29 is 33.1 Å². The van der Waals surface area contributed by atoms with E-state index in [9.17, 15) is 14.4 Å². The molecule has 2 aromatic carbocycles. The number of benzene rings is 2. The number of quaternary nitrogens is 1. The van der Waals surface area contributed by atoms with E-state index < -0.39 is 24.0 Å². The van der Waals surface area contributed by atoms with E-state index in [0.29, 0.717) is 11.0 Å². The van der Waals surface area contributed by atoms with Crippen LogP contribution in [0.15, 0.2) is 60.7 Å². The lowest BCUT2D eigenvalue weighted by atomic mass is 10.2. The second-order valence-electron chi connectivity index (χ2n) is 8.58. The van der Waals surface area contributed by atoms with Gasteiger partial charge in [-0.1, -0.05) is 60.7 Å². The van der Waals surface area contributed by atoms with E-state index in [1.165, 1.54) is 0 Å². The van der Waals surface area contributed by atoms with Gasteiger partial charge in [0.15, 0.2) is 6.10 Å². The van der Waals surface area contributed by atoms with Crippen LogP contribution >= 0.6 is 0 Å². The Kier molecular flexibility index (Phi) is 9.88. The third-order valence-corrected chi connectivity index (χ3v) is 4.46. The number of likely N-dealkylation sites (N-methyl/N-ethyl adjacent to an activating group) is 1. The molecule has 0 aliphatic rings. The zero-order valence-electron chi connectivity index (χ0n) is 19.0. The van der Waals surface area contributed by atoms with E-state index >= 15 is 0 Å². The summed E-state index contributed by atoms with van der Waals surface area (Å²) in [5.74, 6) is -1.46. The van der Waals surface area contributed by atoms with Crippen molar-refractivity contribution in [1.29, 1.82) is 0 Å². The Labute approximate surface area is 189 Å². The fourth-order valence-corrected chi connectivity index (χ4v) is 3.00. The maximum absolute atomic E-state index is 12.3. The van der Waals surface area contributed by atoms with Crippen LogP contribution in [0.5, 0.6) is 0 Å². The van der Waals surface area contributed by atoms with Crippen LogP contribution in [0.1, 0.15) is 30.4 Å². The summed E-state index contributed by atoms with van der Waals surface area (Å²) >= 11 is 0. The topological polar surface area (TPSA) is 78.9 Å². The van der Waals surface area contributed by atoms with E-state index in [1.54, 1.807) is 0 Å². The van der Waals surface area contributed by atoms with Crippen molar-refractivity contribution in [3.63, 3.8) is 0 Å². The lowest BCUT2D eigenvalue weighted by Crippen LogP contribution is -2.44. The van der Waals surface area contributed by atoms with Crippen LogP contribution in [-0.2, 0) is 41.8 Å². The van der Waals surface area contributed by atoms with Crippen molar-refractivity contribution in [2.24, 2.45) is 0 Å². The third kappa shape index (κ3) is 10.7. The number of ether oxygens (including phenoxy) is 3. The van der Waals surface area contributed by atoms with Gasteiger partial charge in [0.05, 0.1) is 40.4 Å². The molecule has 0 aliphatic carbocycles. The number of carbonyl (C=O) groups excluding carboxylic acids is 3. The number of hydrogen-bond acceptors (Lipinski definition) is 6. The molecule has 32 heavy (non-hydrogen) atoms. The third-order valence-electron chi connectivity index (χ3n) is 4.46. The van der Waals surface area contributed by atoms with Crippen LogP contribution < -0.4 is 0 Å². The zero-order valence-corrected chi connectivity index (χ0v) is 19.0. The lowest BCUT2D eigenvalue weighted by Gasteiger charge is -2.28. The number of carbonyl (C=O) groups is 3. The summed E-state index contributed by atoms with van der Waals surface area (Å²) in [7, 11) is 5.82. The monoisotopic (exact) mass is 442 g/mol. The van der Waals surface area contributed by atoms with E-state index in [1.807, 2.05) is 81.8 Å². The molecule has 172 valence electrons. The highest BCUT2D eigenvalue weighted by Gasteiger charge is 2.26. The molecule has 0 spiro atoms. The molecule has 0 unspecified atom stereocenters. The second kappa shape index (κ2) is 12.6. The molecule has 0 amide bonds. The second-order valence-corrected chi connectivity index (χ2v) is 8.58. The quantitative estimate of drug-likeness (QED) is 0.285. The molecule has 0 saturated carbocycles. The van der Waals surface area contributed by atoms with Crippen LogP contribution in [0.25, 0.3) is 0 Å². The van der Waals surface area contributed by atoms with Crippen LogP contribution in [0.4, 0.5) is 0 Å². The number of esters is 3. The molecule has 1 atom stereocenters. The van der Waals surface area contributed by atoms with Gasteiger partial charge in [-0.3, -0.25) is 14.4 Å². The predicted molar refractivity (Wildman–Crippen MR) is 119 cm³/mol. The van der Waals surface area contributed by atoms with Crippen molar-refractivity contribution in [2.75, 3.05) is 27.7 Å². The van der Waals surface area contributed by atoms with Gasteiger partial charge in [-0.05, 0) is 11.1 Å². The molecular weight excluding hydrogens is 410 g/mol. The fourth-order valence-electron chi connectivity index (χ4n) is 3.00. The molecule has 0 fully saturated rings. The first-order valence-electron chi connectivity index (χ1n) is 10.6. The Morgan fingerprint density at radius 1 is 0.719 bits per heavy atom. The van der Waals surface area contributed by atoms with Gasteiger partial charge in [-0.25, -0.2) is 0 Å². The van der Waals surface area contributed by atoms with Crippen LogP contribution in [0.3, 0.4) is 0 Å². The summed E-state index contributed by atoms with van der Waals surface area (Å²) in [6, 6.07) is 18.7. The van der Waals surface area contributed by atoms with Crippen molar-refractivity contribution >= 4 is 17.9 Å². The van der Waals surface area contributed by atoms with Gasteiger partial charge in [-0.15, -0.1) is 0 Å². The molecule has 0 aromatic heterocycles. The Bertz CT molecular complexity index is 861. The van der Waals surface area contributed by atoms with E-state index in [4.69, 9.17) is 14.2 Å². The van der Waals surface area contributed by atoms with Crippen molar-refractivity contribution in [3.8, 4) is 0 Å². The van der Waals surface area contributed by atoms with Crippen LogP contribution in [0, 0.1) is 0 Å². The van der Waals surface area contributed by atoms with Crippen molar-refractivity contribution in [3.05, 3.63) is 71.8 Å². The summed E-state index contributed by atoms with van der Waals surface area (Å²) in [6.45, 7) is 0.759. The Balaban J connectivity index is 1.78. The van der Waals surface area contributed by atoms with Crippen molar-refractivity contribution in [2.45, 2.75) is 38.6 Å². The molecule has 0 heterocycles. The summed E-state index contributed by atoms with van der Waals surface area (Å²) in [4.78, 5) is 36.5. The van der Waals surface area contributed by atoms with Crippen molar-refractivity contribution in [1.82, 2.24) is 0 Å². The van der Waals surface area contributed by atoms with Gasteiger partial charge < -0.3 is 18.7 Å². The number of rotatable bonds is 12. The molecule has 0 N–H and O–H groups in total. The summed E-state index contributed by atoms with van der Waals surface area (Å²) < 4.78 is 16.5. The minimum atomic E-state index is -0.647. The highest BCUT2D eigenvalue weighted by Crippen LogP contribution is 2.11. The van der Waals surface area contributed by atoms with Gasteiger partial charge >= 0.3 is 17.9 Å². The van der Waals surface area contributed by atoms with Gasteiger partial charge in [0, 0.05) is 0 Å². The summed E-state index contributed by atoms with van der Waals surface area (Å²) in [5.41, 5.74) is 1.76. The largest absolute Gasteiger partial charge is 0.461 e. The van der Waals surface area contributed by atoms with Crippen LogP contribution in [-0.4, -0.2) is 56.2 Å². The van der Waals surface area contributed by atoms with Gasteiger partial charge in [-0.2, -0.15) is 0 Å². The molecular formula is C25H32NO6+. The smallest absolute Gasteiger partial charge is 0.310 e. The first-order valence-corrected chi connectivity index (χ1v) is 10.6. The first-order chi connectivity index (χ1) is 15.2. The van der Waals surface area contributed by atoms with E-state index in [2.05, 4.69) is 0 Å². The maximum Gasteiger partial charge on any atom is 0.310 e. The van der Waals surface area contributed by atoms with Crippen LogP contribution in [0.2, 0.25) is 0 Å². The fraction of sp³-hybridized carbons (Fsp3) is 0.400. The van der Waals surface area contributed by atoms with Gasteiger partial charge in [0.1, 0.15) is 19.8 Å². The normalized spacial score (nSPS) is 12.0. The maximum atomic E-state index is 12.3. The number of nitrogens with zero attached hydrogens (tertiary/aromatic N) is 1. The number of hydrogen-bond donors (Lipinski definition) is 0. The summed E-state index contributed by atoms with van der Waals surface area (Å²) in [6.07, 6.45) is -0.889. The molecule has 0 aliphatic heterocycles. The Morgan fingerprint density at radius 3 is 1.69 bits per heavy atom. The molecule has 2 aromatic rings. The minimum Gasteiger partial charge on any atom is -0.461 e. The molecule has 7 nitrogen and oxygen atoms in total. The Morgan fingerprint density at radius 2 is 1.19 bits per heavy atom.